The van der Waals surface area contributed by atoms with E-state index in [0.29, 0.717) is 17.7 Å². The Morgan fingerprint density at radius 3 is 2.85 bits per heavy atom. The van der Waals surface area contributed by atoms with Crippen LogP contribution in [-0.4, -0.2) is 38.4 Å². The number of H-pyrrole nitrogens is 1. The van der Waals surface area contributed by atoms with E-state index in [1.807, 2.05) is 12.1 Å². The Bertz CT molecular complexity index is 1010. The predicted molar refractivity (Wildman–Crippen MR) is 93.2 cm³/mol. The minimum Gasteiger partial charge on any atom is -0.359 e. The smallest absolute Gasteiger partial charge is 0.359 e. The molecular formula is C17H15F3N6O. The van der Waals surface area contributed by atoms with Gasteiger partial charge in [0, 0.05) is 12.0 Å². The Balaban J connectivity index is 1.70. The molecule has 3 N–H and O–H groups in total. The van der Waals surface area contributed by atoms with Crippen molar-refractivity contribution in [3.05, 3.63) is 35.7 Å². The number of fused-ring (bicyclic) bond motifs is 2. The number of anilines is 3. The quantitative estimate of drug-likeness (QED) is 0.644. The summed E-state index contributed by atoms with van der Waals surface area (Å²) in [5.74, 6) is 0.0649. The summed E-state index contributed by atoms with van der Waals surface area (Å²) in [6.07, 6.45) is -1.00. The number of halogens is 3. The molecule has 2 heterocycles. The average Bonchev–Trinajstić information content (AvgIpc) is 3.08. The van der Waals surface area contributed by atoms with Crippen molar-refractivity contribution in [3.63, 3.8) is 0 Å². The molecule has 0 aliphatic heterocycles. The number of imidazole rings is 1. The number of carbonyl (C=O) groups is 1. The van der Waals surface area contributed by atoms with Gasteiger partial charge in [0.25, 0.3) is 0 Å². The van der Waals surface area contributed by atoms with Gasteiger partial charge in [0.2, 0.25) is 5.95 Å². The van der Waals surface area contributed by atoms with Crippen LogP contribution in [0.3, 0.4) is 0 Å². The van der Waals surface area contributed by atoms with Crippen molar-refractivity contribution < 1.29 is 18.0 Å². The minimum atomic E-state index is -4.39. The normalized spacial score (nSPS) is 14.3. The van der Waals surface area contributed by atoms with Crippen LogP contribution in [0, 0.1) is 0 Å². The van der Waals surface area contributed by atoms with Crippen molar-refractivity contribution in [2.75, 3.05) is 17.2 Å². The zero-order valence-electron chi connectivity index (χ0n) is 14.0. The second-order valence-electron chi connectivity index (χ2n) is 6.21. The SMILES string of the molecule is O=C1CCCc2cccc(Nc3nc(NCC(F)(F)F)c4[nH]cnc4n3)c21. The van der Waals surface area contributed by atoms with E-state index in [2.05, 4.69) is 30.6 Å². The number of benzene rings is 1. The van der Waals surface area contributed by atoms with Gasteiger partial charge < -0.3 is 15.6 Å². The van der Waals surface area contributed by atoms with E-state index in [1.54, 1.807) is 6.07 Å². The third-order valence-electron chi connectivity index (χ3n) is 4.27. The Labute approximate surface area is 151 Å². The number of Topliss-reactive ketones (excluding diaryl/α,β-unsaturated/α-hetero) is 1. The first kappa shape index (κ1) is 17.3. The lowest BCUT2D eigenvalue weighted by molar-refractivity contribution is -0.115. The third-order valence-corrected chi connectivity index (χ3v) is 4.27. The van der Waals surface area contributed by atoms with Crippen LogP contribution in [0.1, 0.15) is 28.8 Å². The van der Waals surface area contributed by atoms with Gasteiger partial charge in [0.1, 0.15) is 12.1 Å². The summed E-state index contributed by atoms with van der Waals surface area (Å²) in [7, 11) is 0. The van der Waals surface area contributed by atoms with Crippen LogP contribution in [0.15, 0.2) is 24.5 Å². The van der Waals surface area contributed by atoms with Gasteiger partial charge in [-0.1, -0.05) is 12.1 Å². The molecule has 1 aliphatic carbocycles. The molecule has 0 fully saturated rings. The lowest BCUT2D eigenvalue weighted by Gasteiger charge is -2.18. The second-order valence-corrected chi connectivity index (χ2v) is 6.21. The topological polar surface area (TPSA) is 95.6 Å². The number of nitrogens with one attached hydrogen (secondary N) is 3. The zero-order valence-corrected chi connectivity index (χ0v) is 14.0. The number of ketones is 1. The van der Waals surface area contributed by atoms with Gasteiger partial charge in [0.05, 0.1) is 12.0 Å². The fourth-order valence-electron chi connectivity index (χ4n) is 3.13. The van der Waals surface area contributed by atoms with Gasteiger partial charge >= 0.3 is 6.18 Å². The number of aromatic amines is 1. The molecule has 140 valence electrons. The summed E-state index contributed by atoms with van der Waals surface area (Å²) in [5.41, 5.74) is 2.55. The summed E-state index contributed by atoms with van der Waals surface area (Å²) < 4.78 is 37.7. The fourth-order valence-corrected chi connectivity index (χ4v) is 3.13. The monoisotopic (exact) mass is 376 g/mol. The van der Waals surface area contributed by atoms with Crippen LogP contribution in [-0.2, 0) is 6.42 Å². The molecule has 0 unspecified atom stereocenters. The molecule has 0 radical (unpaired) electrons. The molecule has 0 spiro atoms. The first-order valence-electron chi connectivity index (χ1n) is 8.34. The zero-order chi connectivity index (χ0) is 19.0. The second kappa shape index (κ2) is 6.53. The summed E-state index contributed by atoms with van der Waals surface area (Å²) in [5, 5.41) is 5.22. The number of nitrogens with zero attached hydrogens (tertiary/aromatic N) is 3. The molecular weight excluding hydrogens is 361 g/mol. The van der Waals surface area contributed by atoms with Crippen molar-refractivity contribution >= 4 is 34.4 Å². The summed E-state index contributed by atoms with van der Waals surface area (Å²) in [4.78, 5) is 27.4. The van der Waals surface area contributed by atoms with Crippen molar-refractivity contribution in [2.45, 2.75) is 25.4 Å². The highest BCUT2D eigenvalue weighted by Crippen LogP contribution is 2.30. The van der Waals surface area contributed by atoms with E-state index in [1.165, 1.54) is 6.33 Å². The first-order chi connectivity index (χ1) is 12.9. The molecule has 0 saturated heterocycles. The lowest BCUT2D eigenvalue weighted by Crippen LogP contribution is -2.22. The molecule has 0 bridgehead atoms. The fraction of sp³-hybridized carbons (Fsp3) is 0.294. The van der Waals surface area contributed by atoms with Crippen LogP contribution in [0.5, 0.6) is 0 Å². The molecule has 4 rings (SSSR count). The van der Waals surface area contributed by atoms with Crippen LogP contribution in [0.25, 0.3) is 11.2 Å². The van der Waals surface area contributed by atoms with E-state index in [-0.39, 0.29) is 28.7 Å². The number of rotatable bonds is 4. The maximum atomic E-state index is 12.6. The highest BCUT2D eigenvalue weighted by molar-refractivity contribution is 6.04. The van der Waals surface area contributed by atoms with Gasteiger partial charge in [-0.15, -0.1) is 0 Å². The third kappa shape index (κ3) is 3.55. The number of hydrogen-bond acceptors (Lipinski definition) is 6. The molecule has 0 amide bonds. The summed E-state index contributed by atoms with van der Waals surface area (Å²) >= 11 is 0. The molecule has 2 aromatic heterocycles. The van der Waals surface area contributed by atoms with Crippen molar-refractivity contribution in [3.8, 4) is 0 Å². The van der Waals surface area contributed by atoms with Gasteiger partial charge in [-0.3, -0.25) is 4.79 Å². The minimum absolute atomic E-state index is 0.0200. The Morgan fingerprint density at radius 1 is 1.19 bits per heavy atom. The molecule has 0 saturated carbocycles. The van der Waals surface area contributed by atoms with Crippen molar-refractivity contribution in [1.82, 2.24) is 19.9 Å². The van der Waals surface area contributed by atoms with Gasteiger partial charge in [-0.2, -0.15) is 23.1 Å². The average molecular weight is 376 g/mol. The van der Waals surface area contributed by atoms with Crippen LogP contribution in [0.2, 0.25) is 0 Å². The highest BCUT2D eigenvalue weighted by Gasteiger charge is 2.28. The molecule has 27 heavy (non-hydrogen) atoms. The standard InChI is InChI=1S/C17H15F3N6O/c18-17(19,20)7-21-14-13-15(23-8-22-13)26-16(25-14)24-10-5-1-3-9-4-2-6-11(27)12(9)10/h1,3,5,8H,2,4,6-7H2,(H3,21,22,23,24,25,26). The molecule has 7 nitrogen and oxygen atoms in total. The number of aromatic nitrogens is 4. The van der Waals surface area contributed by atoms with Gasteiger partial charge in [-0.25, -0.2) is 4.98 Å². The largest absolute Gasteiger partial charge is 0.405 e. The van der Waals surface area contributed by atoms with E-state index < -0.39 is 12.7 Å². The highest BCUT2D eigenvalue weighted by atomic mass is 19.4. The van der Waals surface area contributed by atoms with Crippen LogP contribution < -0.4 is 10.6 Å². The first-order valence-corrected chi connectivity index (χ1v) is 8.34. The number of aryl methyl sites for hydroxylation is 1. The summed E-state index contributed by atoms with van der Waals surface area (Å²) in [6, 6.07) is 5.43. The molecule has 1 aromatic carbocycles. The van der Waals surface area contributed by atoms with E-state index in [4.69, 9.17) is 0 Å². The lowest BCUT2D eigenvalue weighted by atomic mass is 9.89. The number of carbonyl (C=O) groups excluding carboxylic acids is 1. The van der Waals surface area contributed by atoms with E-state index >= 15 is 0 Å². The Hall–Kier alpha value is -3.17. The number of hydrogen-bond donors (Lipinski definition) is 3. The number of alkyl halides is 3. The van der Waals surface area contributed by atoms with E-state index in [0.717, 1.165) is 18.4 Å². The maximum absolute atomic E-state index is 12.6. The molecule has 3 aromatic rings. The Morgan fingerprint density at radius 2 is 2.04 bits per heavy atom. The van der Waals surface area contributed by atoms with Gasteiger partial charge in [-0.05, 0) is 24.5 Å². The van der Waals surface area contributed by atoms with E-state index in [9.17, 15) is 18.0 Å². The van der Waals surface area contributed by atoms with Crippen molar-refractivity contribution in [1.29, 1.82) is 0 Å². The maximum Gasteiger partial charge on any atom is 0.405 e. The predicted octanol–water partition coefficient (Wildman–Crippen LogP) is 3.59. The molecule has 1 aliphatic rings. The summed E-state index contributed by atoms with van der Waals surface area (Å²) in [6.45, 7) is -1.24. The molecule has 10 heteroatoms. The van der Waals surface area contributed by atoms with Crippen LogP contribution >= 0.6 is 0 Å². The van der Waals surface area contributed by atoms with Gasteiger partial charge in [0.15, 0.2) is 17.2 Å². The van der Waals surface area contributed by atoms with Crippen molar-refractivity contribution in [2.24, 2.45) is 0 Å². The Kier molecular flexibility index (Phi) is 4.17. The molecule has 0 atom stereocenters. The van der Waals surface area contributed by atoms with Crippen LogP contribution in [0.4, 0.5) is 30.6 Å².